The molecular weight excluding hydrogens is 1240 g/mol. The quantitative estimate of drug-likeness (QED) is 0.0146. The van der Waals surface area contributed by atoms with Crippen molar-refractivity contribution in [2.24, 2.45) is 0 Å². The molecule has 0 aliphatic carbocycles. The summed E-state index contributed by atoms with van der Waals surface area (Å²) in [6.07, 6.45) is 84.4. The normalized spacial score (nSPS) is 15.1. The van der Waals surface area contributed by atoms with Gasteiger partial charge < -0.3 is 34.2 Å². The van der Waals surface area contributed by atoms with E-state index in [2.05, 4.69) is 167 Å². The van der Waals surface area contributed by atoms with E-state index in [0.29, 0.717) is 25.7 Å². The smallest absolute Gasteiger partial charge is 0.463 e. The van der Waals surface area contributed by atoms with E-state index in [1.54, 1.807) is 0 Å². The molecule has 18 heteroatoms. The first kappa shape index (κ1) is 90.2. The van der Waals surface area contributed by atoms with Crippen molar-refractivity contribution >= 4 is 33.6 Å². The molecule has 5 atom stereocenters. The number of aliphatic hydroxyl groups is 2. The number of carbonyl (C=O) groups is 3. The third-order valence-electron chi connectivity index (χ3n) is 14.2. The molecule has 0 saturated heterocycles. The first-order valence-electron chi connectivity index (χ1n) is 35.8. The molecule has 540 valence electrons. The number of hydrogen-bond donors (Lipinski definition) is 4. The van der Waals surface area contributed by atoms with Crippen LogP contribution in [0, 0.1) is 0 Å². The van der Waals surface area contributed by atoms with Crippen molar-refractivity contribution in [3.63, 3.8) is 0 Å². The van der Waals surface area contributed by atoms with Crippen LogP contribution in [0.4, 0.5) is 0 Å². The molecule has 0 spiro atoms. The Morgan fingerprint density at radius 2 is 0.568 bits per heavy atom. The standard InChI is InChI=1S/C77H126O16P2/c1-4-7-10-13-16-19-22-25-28-31-33-34-35-36-38-41-42-45-48-51-54-57-60-63-75(80)87-66-72(78)67-89-94(83,84)90-68-73(79)69-91-95(85,86)92-71-74(93-77(82)65-62-59-56-53-50-47-44-39-30-27-24-21-18-15-12-9-6-3)70-88-76(81)64-61-58-55-52-49-46-43-40-37-32-29-26-23-20-17-14-11-8-5-2/h8-9,11-12,16-21,25-30,33-34,36-38,40,44,47,53,56,72-74,78-79H,4-7,10,13-15,22-24,31-32,35,39,41-43,45-46,48-52,54-55,57-71H2,1-3H3,(H,83,84)(H,85,86)/b11-8-,12-9-,19-16-,20-17-,21-18-,28-25-,29-26-,30-27-,34-33-,38-36-,40-37-,47-44-,56-53-. The lowest BCUT2D eigenvalue weighted by Crippen LogP contribution is -2.30. The van der Waals surface area contributed by atoms with Crippen LogP contribution < -0.4 is 0 Å². The van der Waals surface area contributed by atoms with Crippen molar-refractivity contribution in [1.82, 2.24) is 0 Å². The minimum Gasteiger partial charge on any atom is -0.463 e. The second-order valence-electron chi connectivity index (χ2n) is 23.3. The molecule has 0 heterocycles. The van der Waals surface area contributed by atoms with Crippen molar-refractivity contribution in [3.05, 3.63) is 158 Å². The van der Waals surface area contributed by atoms with Crippen LogP contribution >= 0.6 is 15.6 Å². The van der Waals surface area contributed by atoms with E-state index in [-0.39, 0.29) is 19.3 Å². The van der Waals surface area contributed by atoms with E-state index < -0.39 is 91.5 Å². The lowest BCUT2D eigenvalue weighted by Gasteiger charge is -2.21. The molecule has 0 aromatic heterocycles. The molecule has 0 aliphatic rings. The zero-order valence-corrected chi connectivity index (χ0v) is 60.3. The molecule has 0 bridgehead atoms. The highest BCUT2D eigenvalue weighted by Gasteiger charge is 2.29. The number of allylic oxidation sites excluding steroid dienone is 26. The summed E-state index contributed by atoms with van der Waals surface area (Å²) in [5.74, 6) is -1.68. The van der Waals surface area contributed by atoms with Gasteiger partial charge >= 0.3 is 33.6 Å². The summed E-state index contributed by atoms with van der Waals surface area (Å²) in [7, 11) is -9.82. The number of phosphoric ester groups is 2. The zero-order valence-electron chi connectivity index (χ0n) is 58.5. The van der Waals surface area contributed by atoms with Gasteiger partial charge in [0.2, 0.25) is 0 Å². The van der Waals surface area contributed by atoms with Crippen LogP contribution in [-0.4, -0.2) is 95.9 Å². The van der Waals surface area contributed by atoms with Gasteiger partial charge in [0.15, 0.2) is 6.10 Å². The molecule has 0 rings (SSSR count). The summed E-state index contributed by atoms with van der Waals surface area (Å²) in [6, 6.07) is 0. The second kappa shape index (κ2) is 69.1. The molecule has 0 aromatic rings. The zero-order chi connectivity index (χ0) is 69.5. The predicted octanol–water partition coefficient (Wildman–Crippen LogP) is 20.3. The first-order chi connectivity index (χ1) is 46.2. The van der Waals surface area contributed by atoms with Crippen molar-refractivity contribution < 1.29 is 75.8 Å². The molecular formula is C77H126O16P2. The topological polar surface area (TPSA) is 231 Å². The monoisotopic (exact) mass is 1370 g/mol. The van der Waals surface area contributed by atoms with E-state index >= 15 is 0 Å². The average Bonchev–Trinajstić information content (AvgIpc) is 1.94. The summed E-state index contributed by atoms with van der Waals surface area (Å²) in [6.45, 7) is 2.29. The molecule has 0 aromatic carbocycles. The van der Waals surface area contributed by atoms with Crippen LogP contribution in [0.3, 0.4) is 0 Å². The number of ether oxygens (including phenoxy) is 3. The highest BCUT2D eigenvalue weighted by Crippen LogP contribution is 2.45. The summed E-state index contributed by atoms with van der Waals surface area (Å²) in [4.78, 5) is 58.5. The number of phosphoric acid groups is 2. The maximum Gasteiger partial charge on any atom is 0.472 e. The van der Waals surface area contributed by atoms with Crippen LogP contribution in [0.1, 0.15) is 252 Å². The van der Waals surface area contributed by atoms with Crippen LogP contribution in [0.25, 0.3) is 0 Å². The van der Waals surface area contributed by atoms with Gasteiger partial charge in [0.1, 0.15) is 25.4 Å². The van der Waals surface area contributed by atoms with Crippen molar-refractivity contribution in [3.8, 4) is 0 Å². The van der Waals surface area contributed by atoms with Crippen molar-refractivity contribution in [2.75, 3.05) is 39.6 Å². The minimum atomic E-state index is -4.95. The van der Waals surface area contributed by atoms with E-state index in [1.807, 2.05) is 12.2 Å². The number of rotatable bonds is 66. The van der Waals surface area contributed by atoms with Crippen LogP contribution in [0.5, 0.6) is 0 Å². The van der Waals surface area contributed by atoms with Gasteiger partial charge in [0, 0.05) is 19.3 Å². The van der Waals surface area contributed by atoms with E-state index in [9.17, 15) is 43.5 Å². The molecule has 0 aliphatic heterocycles. The van der Waals surface area contributed by atoms with E-state index in [4.69, 9.17) is 32.3 Å². The number of carbonyl (C=O) groups excluding carboxylic acids is 3. The fourth-order valence-electron chi connectivity index (χ4n) is 8.81. The highest BCUT2D eigenvalue weighted by molar-refractivity contribution is 7.47. The van der Waals surface area contributed by atoms with Crippen molar-refractivity contribution in [2.45, 2.75) is 270 Å². The molecule has 0 fully saturated rings. The fraction of sp³-hybridized carbons (Fsp3) is 0.623. The largest absolute Gasteiger partial charge is 0.472 e. The Balaban J connectivity index is 4.73. The molecule has 95 heavy (non-hydrogen) atoms. The van der Waals surface area contributed by atoms with Crippen LogP contribution in [0.15, 0.2) is 158 Å². The van der Waals surface area contributed by atoms with E-state index in [1.165, 1.54) is 25.7 Å². The Labute approximate surface area is 574 Å². The average molecular weight is 1370 g/mol. The van der Waals surface area contributed by atoms with Crippen LogP contribution in [-0.2, 0) is 55.8 Å². The Kier molecular flexibility index (Phi) is 65.6. The maximum absolute atomic E-state index is 12.9. The predicted molar refractivity (Wildman–Crippen MR) is 389 cm³/mol. The molecule has 16 nitrogen and oxygen atoms in total. The van der Waals surface area contributed by atoms with Gasteiger partial charge in [-0.2, -0.15) is 0 Å². The van der Waals surface area contributed by atoms with Gasteiger partial charge in [-0.15, -0.1) is 0 Å². The molecule has 5 unspecified atom stereocenters. The number of esters is 3. The number of hydrogen-bond acceptors (Lipinski definition) is 14. The summed E-state index contributed by atoms with van der Waals surface area (Å²) in [5, 5.41) is 20.6. The Morgan fingerprint density at radius 3 is 0.916 bits per heavy atom. The summed E-state index contributed by atoms with van der Waals surface area (Å²) in [5.41, 5.74) is 0. The molecule has 4 N–H and O–H groups in total. The fourth-order valence-corrected chi connectivity index (χ4v) is 10.4. The number of unbranched alkanes of at least 4 members (excludes halogenated alkanes) is 17. The maximum atomic E-state index is 12.9. The molecule has 0 amide bonds. The second-order valence-corrected chi connectivity index (χ2v) is 26.2. The lowest BCUT2D eigenvalue weighted by atomic mass is 10.1. The summed E-state index contributed by atoms with van der Waals surface area (Å²) < 4.78 is 60.9. The molecule has 0 radical (unpaired) electrons. The Bertz CT molecular complexity index is 2360. The van der Waals surface area contributed by atoms with Gasteiger partial charge in [-0.1, -0.05) is 249 Å². The number of aliphatic hydroxyl groups excluding tert-OH is 2. The van der Waals surface area contributed by atoms with Gasteiger partial charge in [-0.05, 0) is 141 Å². The third-order valence-corrected chi connectivity index (χ3v) is 16.1. The van der Waals surface area contributed by atoms with Crippen LogP contribution in [0.2, 0.25) is 0 Å². The molecule has 0 saturated carbocycles. The highest BCUT2D eigenvalue weighted by atomic mass is 31.2. The lowest BCUT2D eigenvalue weighted by molar-refractivity contribution is -0.161. The van der Waals surface area contributed by atoms with Gasteiger partial charge in [0.05, 0.1) is 26.4 Å². The third kappa shape index (κ3) is 70.3. The van der Waals surface area contributed by atoms with Gasteiger partial charge in [-0.3, -0.25) is 32.5 Å². The van der Waals surface area contributed by atoms with E-state index in [0.717, 1.165) is 161 Å². The first-order valence-corrected chi connectivity index (χ1v) is 38.8. The van der Waals surface area contributed by atoms with Gasteiger partial charge in [0.25, 0.3) is 0 Å². The van der Waals surface area contributed by atoms with Crippen molar-refractivity contribution in [1.29, 1.82) is 0 Å². The Morgan fingerprint density at radius 1 is 0.305 bits per heavy atom. The van der Waals surface area contributed by atoms with Gasteiger partial charge in [-0.25, -0.2) is 9.13 Å². The minimum absolute atomic E-state index is 0.0165. The summed E-state index contributed by atoms with van der Waals surface area (Å²) >= 11 is 0. The SMILES string of the molecule is CC/C=C\C/C=C\C/C=C\C/C=C\C/C=C\CCCC(=O)OC(COC(=O)CCCCCCCC/C=C\C/C=C\C/C=C\C/C=C\CC)COP(=O)(O)OCC(O)COP(=O)(O)OCC(O)COC(=O)CCCCCCCCC/C=C\C/C=C\C/C=C\C/C=C\CCCCC. The Hall–Kier alpha value is -4.83.